The van der Waals surface area contributed by atoms with Gasteiger partial charge in [0.1, 0.15) is 5.76 Å². The van der Waals surface area contributed by atoms with E-state index < -0.39 is 5.91 Å². The molecule has 0 saturated heterocycles. The minimum Gasteiger partial charge on any atom is -0.451 e. The van der Waals surface area contributed by atoms with E-state index >= 15 is 0 Å². The predicted octanol–water partition coefficient (Wildman–Crippen LogP) is 4.29. The Morgan fingerprint density at radius 1 is 1.28 bits per heavy atom. The van der Waals surface area contributed by atoms with Crippen LogP contribution in [-0.2, 0) is 6.54 Å². The molecule has 3 aromatic rings. The summed E-state index contributed by atoms with van der Waals surface area (Å²) < 4.78 is 5.57. The molecule has 0 radical (unpaired) electrons. The van der Waals surface area contributed by atoms with Crippen molar-refractivity contribution in [2.45, 2.75) is 26.3 Å². The summed E-state index contributed by atoms with van der Waals surface area (Å²) >= 11 is 12.1. The van der Waals surface area contributed by atoms with Gasteiger partial charge >= 0.3 is 0 Å². The highest BCUT2D eigenvalue weighted by Gasteiger charge is 2.16. The molecule has 130 valence electrons. The maximum atomic E-state index is 12.3. The van der Waals surface area contributed by atoms with Gasteiger partial charge in [0, 0.05) is 10.6 Å². The zero-order chi connectivity index (χ0) is 17.8. The van der Waals surface area contributed by atoms with Gasteiger partial charge in [-0.05, 0) is 42.0 Å². The molecule has 7 nitrogen and oxygen atoms in total. The van der Waals surface area contributed by atoms with Gasteiger partial charge in [-0.2, -0.15) is 4.80 Å². The predicted molar refractivity (Wildman–Crippen MR) is 94.8 cm³/mol. The van der Waals surface area contributed by atoms with Crippen LogP contribution in [0.1, 0.15) is 30.3 Å². The summed E-state index contributed by atoms with van der Waals surface area (Å²) in [6.07, 6.45) is 1.95. The first kappa shape index (κ1) is 17.4. The number of aryl methyl sites for hydroxylation is 1. The number of benzene rings is 1. The molecule has 1 N–H and O–H groups in total. The first-order valence-corrected chi connectivity index (χ1v) is 8.47. The Morgan fingerprint density at radius 3 is 2.92 bits per heavy atom. The first-order valence-electron chi connectivity index (χ1n) is 7.71. The van der Waals surface area contributed by atoms with Crippen molar-refractivity contribution in [3.63, 3.8) is 0 Å². The van der Waals surface area contributed by atoms with Gasteiger partial charge in [-0.15, -0.1) is 5.10 Å². The number of hydrogen-bond acceptors (Lipinski definition) is 5. The standard InChI is InChI=1S/C16H15Cl2N5O2/c1-2-3-8-23-21-16(20-22-23)19-15(24)14-7-6-13(25-14)11-9-10(17)4-5-12(11)18/h4-7,9H,2-3,8H2,1H3,(H,19,21,24). The van der Waals surface area contributed by atoms with Crippen molar-refractivity contribution in [1.29, 1.82) is 0 Å². The lowest BCUT2D eigenvalue weighted by Gasteiger charge is -2.01. The van der Waals surface area contributed by atoms with Crippen LogP contribution in [0.2, 0.25) is 10.0 Å². The average Bonchev–Trinajstić information content (AvgIpc) is 3.24. The fourth-order valence-electron chi connectivity index (χ4n) is 2.14. The van der Waals surface area contributed by atoms with Gasteiger partial charge in [-0.3, -0.25) is 10.1 Å². The number of rotatable bonds is 6. The smallest absolute Gasteiger partial charge is 0.293 e. The molecule has 9 heteroatoms. The quantitative estimate of drug-likeness (QED) is 0.689. The van der Waals surface area contributed by atoms with Crippen molar-refractivity contribution < 1.29 is 9.21 Å². The number of carbonyl (C=O) groups is 1. The van der Waals surface area contributed by atoms with Crippen molar-refractivity contribution in [3.8, 4) is 11.3 Å². The third-order valence-electron chi connectivity index (χ3n) is 3.41. The maximum absolute atomic E-state index is 12.3. The number of aromatic nitrogens is 4. The minimum atomic E-state index is -0.473. The van der Waals surface area contributed by atoms with E-state index in [1.165, 1.54) is 4.80 Å². The number of tetrazole rings is 1. The van der Waals surface area contributed by atoms with E-state index in [2.05, 4.69) is 27.7 Å². The number of hydrogen-bond donors (Lipinski definition) is 1. The Morgan fingerprint density at radius 2 is 2.12 bits per heavy atom. The normalized spacial score (nSPS) is 10.8. The lowest BCUT2D eigenvalue weighted by molar-refractivity contribution is 0.0996. The molecule has 0 aliphatic heterocycles. The Labute approximate surface area is 153 Å². The van der Waals surface area contributed by atoms with Crippen molar-refractivity contribution >= 4 is 35.1 Å². The maximum Gasteiger partial charge on any atom is 0.293 e. The van der Waals surface area contributed by atoms with E-state index in [-0.39, 0.29) is 11.7 Å². The van der Waals surface area contributed by atoms with E-state index in [4.69, 9.17) is 27.6 Å². The van der Waals surface area contributed by atoms with E-state index in [0.29, 0.717) is 27.9 Å². The van der Waals surface area contributed by atoms with E-state index in [1.54, 1.807) is 30.3 Å². The molecule has 3 rings (SSSR count). The molecule has 0 bridgehead atoms. The number of anilines is 1. The molecule has 0 aliphatic rings. The summed E-state index contributed by atoms with van der Waals surface area (Å²) in [5.74, 6) is 0.201. The first-order chi connectivity index (χ1) is 12.1. The molecule has 0 fully saturated rings. The van der Waals surface area contributed by atoms with Gasteiger partial charge in [0.15, 0.2) is 5.76 Å². The molecule has 0 atom stereocenters. The highest BCUT2D eigenvalue weighted by molar-refractivity contribution is 6.35. The molecule has 25 heavy (non-hydrogen) atoms. The molecule has 2 heterocycles. The van der Waals surface area contributed by atoms with Gasteiger partial charge in [-0.1, -0.05) is 41.6 Å². The molecule has 1 aromatic carbocycles. The summed E-state index contributed by atoms with van der Waals surface area (Å²) in [5.41, 5.74) is 0.608. The van der Waals surface area contributed by atoms with Crippen LogP contribution in [-0.4, -0.2) is 26.1 Å². The number of unbranched alkanes of at least 4 members (excludes halogenated alkanes) is 1. The second kappa shape index (κ2) is 7.67. The van der Waals surface area contributed by atoms with Crippen LogP contribution in [0.3, 0.4) is 0 Å². The summed E-state index contributed by atoms with van der Waals surface area (Å²) in [5, 5.41) is 15.3. The molecule has 1 amide bonds. The number of carbonyl (C=O) groups excluding carboxylic acids is 1. The van der Waals surface area contributed by atoms with Gasteiger partial charge in [0.05, 0.1) is 11.6 Å². The summed E-state index contributed by atoms with van der Waals surface area (Å²) in [4.78, 5) is 13.7. The molecule has 0 unspecified atom stereocenters. The van der Waals surface area contributed by atoms with Gasteiger partial charge < -0.3 is 4.42 Å². The van der Waals surface area contributed by atoms with Crippen LogP contribution < -0.4 is 5.32 Å². The molecule has 0 saturated carbocycles. The number of amides is 1. The molecule has 0 spiro atoms. The number of furan rings is 1. The van der Waals surface area contributed by atoms with Crippen molar-refractivity contribution in [3.05, 3.63) is 46.1 Å². The highest BCUT2D eigenvalue weighted by Crippen LogP contribution is 2.31. The van der Waals surface area contributed by atoms with Crippen LogP contribution in [0.4, 0.5) is 5.95 Å². The Hall–Kier alpha value is -2.38. The monoisotopic (exact) mass is 379 g/mol. The zero-order valence-corrected chi connectivity index (χ0v) is 14.9. The van der Waals surface area contributed by atoms with Crippen molar-refractivity contribution in [1.82, 2.24) is 20.2 Å². The van der Waals surface area contributed by atoms with E-state index in [1.807, 2.05) is 0 Å². The van der Waals surface area contributed by atoms with Crippen LogP contribution in [0.15, 0.2) is 34.7 Å². The summed E-state index contributed by atoms with van der Waals surface area (Å²) in [6, 6.07) is 8.21. The second-order valence-electron chi connectivity index (χ2n) is 5.30. The Bertz CT molecular complexity index is 890. The van der Waals surface area contributed by atoms with Crippen LogP contribution in [0.5, 0.6) is 0 Å². The van der Waals surface area contributed by atoms with Crippen LogP contribution in [0, 0.1) is 0 Å². The summed E-state index contributed by atoms with van der Waals surface area (Å²) in [6.45, 7) is 2.72. The Balaban J connectivity index is 1.72. The average molecular weight is 380 g/mol. The van der Waals surface area contributed by atoms with E-state index in [0.717, 1.165) is 12.8 Å². The minimum absolute atomic E-state index is 0.107. The second-order valence-corrected chi connectivity index (χ2v) is 6.15. The fourth-order valence-corrected chi connectivity index (χ4v) is 2.52. The van der Waals surface area contributed by atoms with Crippen molar-refractivity contribution in [2.75, 3.05) is 5.32 Å². The van der Waals surface area contributed by atoms with Crippen molar-refractivity contribution in [2.24, 2.45) is 0 Å². The topological polar surface area (TPSA) is 85.8 Å². The number of nitrogens with one attached hydrogen (secondary N) is 1. The zero-order valence-electron chi connectivity index (χ0n) is 13.4. The largest absolute Gasteiger partial charge is 0.451 e. The van der Waals surface area contributed by atoms with Crippen LogP contribution >= 0.6 is 23.2 Å². The van der Waals surface area contributed by atoms with E-state index in [9.17, 15) is 4.79 Å². The van der Waals surface area contributed by atoms with Gasteiger partial charge in [0.25, 0.3) is 11.9 Å². The molecular formula is C16H15Cl2N5O2. The molecule has 0 aliphatic carbocycles. The fraction of sp³-hybridized carbons (Fsp3) is 0.250. The summed E-state index contributed by atoms with van der Waals surface area (Å²) in [7, 11) is 0. The number of nitrogens with zero attached hydrogens (tertiary/aromatic N) is 4. The highest BCUT2D eigenvalue weighted by atomic mass is 35.5. The van der Waals surface area contributed by atoms with Gasteiger partial charge in [0.2, 0.25) is 0 Å². The van der Waals surface area contributed by atoms with Crippen LogP contribution in [0.25, 0.3) is 11.3 Å². The third-order valence-corrected chi connectivity index (χ3v) is 3.98. The lowest BCUT2D eigenvalue weighted by atomic mass is 10.2. The molecule has 2 aromatic heterocycles. The lowest BCUT2D eigenvalue weighted by Crippen LogP contribution is -2.12. The number of halogens is 2. The third kappa shape index (κ3) is 4.18. The Kier molecular flexibility index (Phi) is 5.35. The molecular weight excluding hydrogens is 365 g/mol. The van der Waals surface area contributed by atoms with Gasteiger partial charge in [-0.25, -0.2) is 0 Å². The SMILES string of the molecule is CCCCn1nnc(NC(=O)c2ccc(-c3cc(Cl)ccc3Cl)o2)n1.